The zero-order valence-corrected chi connectivity index (χ0v) is 11.5. The zero-order chi connectivity index (χ0) is 12.3. The van der Waals surface area contributed by atoms with E-state index in [9.17, 15) is 4.79 Å². The summed E-state index contributed by atoms with van der Waals surface area (Å²) in [6, 6.07) is 1.84. The Balaban J connectivity index is 1.92. The van der Waals surface area contributed by atoms with Gasteiger partial charge in [-0.3, -0.25) is 9.69 Å². The number of hydrogen-bond donors (Lipinski definition) is 0. The van der Waals surface area contributed by atoms with Crippen molar-refractivity contribution in [3.63, 3.8) is 0 Å². The summed E-state index contributed by atoms with van der Waals surface area (Å²) in [5, 5.41) is 0. The van der Waals surface area contributed by atoms with E-state index in [0.717, 1.165) is 12.8 Å². The molecule has 0 aromatic rings. The van der Waals surface area contributed by atoms with Gasteiger partial charge in [0.2, 0.25) is 0 Å². The standard InChI is InChI=1S/C15H27NO/c1-3-4-5-7-12(2)16-13-8-6-9-14(16)11-15(17)10-13/h12-14H,3-11H2,1-2H3. The molecule has 2 heterocycles. The van der Waals surface area contributed by atoms with E-state index in [2.05, 4.69) is 18.7 Å². The van der Waals surface area contributed by atoms with Crippen molar-refractivity contribution in [2.45, 2.75) is 89.8 Å². The molecule has 0 aromatic carbocycles. The summed E-state index contributed by atoms with van der Waals surface area (Å²) in [6.45, 7) is 4.63. The molecule has 0 saturated carbocycles. The fraction of sp³-hybridized carbons (Fsp3) is 0.933. The highest BCUT2D eigenvalue weighted by molar-refractivity contribution is 5.80. The number of ketones is 1. The SMILES string of the molecule is CCCCCC(C)N1C2CCCC1CC(=O)C2. The lowest BCUT2D eigenvalue weighted by Gasteiger charge is -2.48. The Morgan fingerprint density at radius 1 is 1.24 bits per heavy atom. The Morgan fingerprint density at radius 3 is 2.47 bits per heavy atom. The molecule has 0 spiro atoms. The van der Waals surface area contributed by atoms with Crippen LogP contribution >= 0.6 is 0 Å². The molecule has 2 saturated heterocycles. The minimum atomic E-state index is 0.511. The third kappa shape index (κ3) is 3.09. The van der Waals surface area contributed by atoms with E-state index < -0.39 is 0 Å². The highest BCUT2D eigenvalue weighted by Gasteiger charge is 2.39. The first-order valence-corrected chi connectivity index (χ1v) is 7.51. The second kappa shape index (κ2) is 5.99. The van der Waals surface area contributed by atoms with Gasteiger partial charge in [-0.25, -0.2) is 0 Å². The summed E-state index contributed by atoms with van der Waals surface area (Å²) in [4.78, 5) is 14.4. The van der Waals surface area contributed by atoms with Crippen molar-refractivity contribution in [2.24, 2.45) is 0 Å². The number of hydrogen-bond acceptors (Lipinski definition) is 2. The number of rotatable bonds is 5. The maximum Gasteiger partial charge on any atom is 0.136 e. The quantitative estimate of drug-likeness (QED) is 0.682. The minimum Gasteiger partial charge on any atom is -0.300 e. The molecule has 0 aromatic heterocycles. The normalized spacial score (nSPS) is 31.5. The van der Waals surface area contributed by atoms with Gasteiger partial charge in [0.05, 0.1) is 0 Å². The average Bonchev–Trinajstić information content (AvgIpc) is 2.27. The molecule has 2 fully saturated rings. The van der Waals surface area contributed by atoms with Gasteiger partial charge in [-0.1, -0.05) is 32.6 Å². The average molecular weight is 237 g/mol. The van der Waals surface area contributed by atoms with Crippen LogP contribution in [0.4, 0.5) is 0 Å². The van der Waals surface area contributed by atoms with Gasteiger partial charge in [0.25, 0.3) is 0 Å². The molecule has 2 aliphatic rings. The zero-order valence-electron chi connectivity index (χ0n) is 11.5. The summed E-state index contributed by atoms with van der Waals surface area (Å²) in [7, 11) is 0. The first-order chi connectivity index (χ1) is 8.22. The summed E-state index contributed by atoms with van der Waals surface area (Å²) in [6.07, 6.45) is 10.8. The fourth-order valence-corrected chi connectivity index (χ4v) is 3.77. The van der Waals surface area contributed by atoms with E-state index in [1.165, 1.54) is 44.9 Å². The molecule has 2 rings (SSSR count). The van der Waals surface area contributed by atoms with Crippen molar-refractivity contribution < 1.29 is 4.79 Å². The van der Waals surface area contributed by atoms with Crippen LogP contribution in [0.2, 0.25) is 0 Å². The van der Waals surface area contributed by atoms with Gasteiger partial charge in [0.15, 0.2) is 0 Å². The third-order valence-corrected chi connectivity index (χ3v) is 4.58. The van der Waals surface area contributed by atoms with E-state index in [0.29, 0.717) is 23.9 Å². The maximum atomic E-state index is 11.7. The fourth-order valence-electron chi connectivity index (χ4n) is 3.77. The van der Waals surface area contributed by atoms with Gasteiger partial charge in [0, 0.05) is 31.0 Å². The lowest BCUT2D eigenvalue weighted by molar-refractivity contribution is -0.128. The van der Waals surface area contributed by atoms with Crippen molar-refractivity contribution >= 4 is 5.78 Å². The Hall–Kier alpha value is -0.370. The van der Waals surface area contributed by atoms with Crippen LogP contribution in [0.5, 0.6) is 0 Å². The van der Waals surface area contributed by atoms with Crippen LogP contribution in [0.1, 0.15) is 71.6 Å². The van der Waals surface area contributed by atoms with Crippen LogP contribution in [-0.4, -0.2) is 28.8 Å². The number of nitrogens with zero attached hydrogens (tertiary/aromatic N) is 1. The lowest BCUT2D eigenvalue weighted by Crippen LogP contribution is -2.55. The monoisotopic (exact) mass is 237 g/mol. The third-order valence-electron chi connectivity index (χ3n) is 4.58. The molecule has 0 aliphatic carbocycles. The van der Waals surface area contributed by atoms with Crippen LogP contribution in [0.3, 0.4) is 0 Å². The van der Waals surface area contributed by atoms with Crippen LogP contribution in [-0.2, 0) is 4.79 Å². The van der Waals surface area contributed by atoms with Crippen LogP contribution < -0.4 is 0 Å². The Labute approximate surface area is 106 Å². The second-order valence-corrected chi connectivity index (χ2v) is 5.98. The smallest absolute Gasteiger partial charge is 0.136 e. The predicted octanol–water partition coefficient (Wildman–Crippen LogP) is 3.54. The van der Waals surface area contributed by atoms with Crippen LogP contribution in [0, 0.1) is 0 Å². The Morgan fingerprint density at radius 2 is 1.88 bits per heavy atom. The Kier molecular flexibility index (Phi) is 4.61. The molecule has 2 nitrogen and oxygen atoms in total. The molecular weight excluding hydrogens is 210 g/mol. The highest BCUT2D eigenvalue weighted by Crippen LogP contribution is 2.34. The molecule has 3 atom stereocenters. The second-order valence-electron chi connectivity index (χ2n) is 5.98. The van der Waals surface area contributed by atoms with Gasteiger partial charge in [0.1, 0.15) is 5.78 Å². The number of Topliss-reactive ketones (excluding diaryl/α,β-unsaturated/α-hetero) is 1. The molecule has 2 bridgehead atoms. The van der Waals surface area contributed by atoms with E-state index in [4.69, 9.17) is 0 Å². The van der Waals surface area contributed by atoms with Crippen molar-refractivity contribution in [1.29, 1.82) is 0 Å². The van der Waals surface area contributed by atoms with Gasteiger partial charge in [-0.15, -0.1) is 0 Å². The molecule has 0 amide bonds. The molecule has 0 N–H and O–H groups in total. The molecular formula is C15H27NO. The summed E-state index contributed by atoms with van der Waals surface area (Å²) in [5.41, 5.74) is 0. The topological polar surface area (TPSA) is 20.3 Å². The molecule has 3 unspecified atom stereocenters. The van der Waals surface area contributed by atoms with E-state index in [1.807, 2.05) is 0 Å². The molecule has 0 radical (unpaired) electrons. The van der Waals surface area contributed by atoms with Crippen molar-refractivity contribution in [1.82, 2.24) is 4.90 Å². The van der Waals surface area contributed by atoms with E-state index >= 15 is 0 Å². The predicted molar refractivity (Wildman–Crippen MR) is 71.1 cm³/mol. The van der Waals surface area contributed by atoms with Gasteiger partial charge in [-0.05, 0) is 26.2 Å². The Bertz CT molecular complexity index is 248. The number of fused-ring (bicyclic) bond motifs is 2. The summed E-state index contributed by atoms with van der Waals surface area (Å²) >= 11 is 0. The van der Waals surface area contributed by atoms with Crippen molar-refractivity contribution in [2.75, 3.05) is 0 Å². The first-order valence-electron chi connectivity index (χ1n) is 7.51. The maximum absolute atomic E-state index is 11.7. The van der Waals surface area contributed by atoms with Gasteiger partial charge in [-0.2, -0.15) is 0 Å². The summed E-state index contributed by atoms with van der Waals surface area (Å²) in [5.74, 6) is 0.511. The van der Waals surface area contributed by atoms with Crippen LogP contribution in [0.15, 0.2) is 0 Å². The number of carbonyl (C=O) groups excluding carboxylic acids is 1. The molecule has 17 heavy (non-hydrogen) atoms. The van der Waals surface area contributed by atoms with Crippen molar-refractivity contribution in [3.05, 3.63) is 0 Å². The largest absolute Gasteiger partial charge is 0.300 e. The molecule has 2 aliphatic heterocycles. The van der Waals surface area contributed by atoms with Crippen molar-refractivity contribution in [3.8, 4) is 0 Å². The first kappa shape index (κ1) is 13.1. The minimum absolute atomic E-state index is 0.511. The van der Waals surface area contributed by atoms with Crippen LogP contribution in [0.25, 0.3) is 0 Å². The van der Waals surface area contributed by atoms with E-state index in [-0.39, 0.29) is 0 Å². The lowest BCUT2D eigenvalue weighted by atomic mass is 9.82. The van der Waals surface area contributed by atoms with Gasteiger partial charge >= 0.3 is 0 Å². The van der Waals surface area contributed by atoms with Gasteiger partial charge < -0.3 is 0 Å². The number of piperidine rings is 2. The number of carbonyl (C=O) groups is 1. The van der Waals surface area contributed by atoms with E-state index in [1.54, 1.807) is 0 Å². The summed E-state index contributed by atoms with van der Waals surface area (Å²) < 4.78 is 0. The molecule has 2 heteroatoms. The highest BCUT2D eigenvalue weighted by atomic mass is 16.1. The molecule has 98 valence electrons. The number of unbranched alkanes of at least 4 members (excludes halogenated alkanes) is 2.